The minimum atomic E-state index is 0.940. The van der Waals surface area contributed by atoms with E-state index in [-0.39, 0.29) is 0 Å². The maximum absolute atomic E-state index is 2.50. The summed E-state index contributed by atoms with van der Waals surface area (Å²) in [7, 11) is 6.56. The van der Waals surface area contributed by atoms with Crippen molar-refractivity contribution in [1.82, 2.24) is 9.80 Å². The van der Waals surface area contributed by atoms with Crippen LogP contribution in [-0.2, 0) is 0 Å². The normalized spacial score (nSPS) is 29.3. The molecule has 2 heteroatoms. The van der Waals surface area contributed by atoms with Crippen molar-refractivity contribution in [2.45, 2.75) is 19.3 Å². The first-order valence-corrected chi connectivity index (χ1v) is 6.16. The average Bonchev–Trinajstić information content (AvgIpc) is 2.13. The minimum absolute atomic E-state index is 0.940. The fourth-order valence-electron chi connectivity index (χ4n) is 2.71. The van der Waals surface area contributed by atoms with Crippen molar-refractivity contribution in [1.29, 1.82) is 0 Å². The monoisotopic (exact) mass is 208 g/mol. The van der Waals surface area contributed by atoms with E-state index in [2.05, 4.69) is 37.0 Å². The predicted molar refractivity (Wildman–Crippen MR) is 65.0 cm³/mol. The molecule has 3 aliphatic carbocycles. The second-order valence-corrected chi connectivity index (χ2v) is 5.59. The Kier molecular flexibility index (Phi) is 3.47. The highest BCUT2D eigenvalue weighted by molar-refractivity contribution is 5.19. The molecule has 86 valence electrons. The molecule has 0 amide bonds. The average molecular weight is 208 g/mol. The largest absolute Gasteiger partial charge is 0.308 e. The highest BCUT2D eigenvalue weighted by Gasteiger charge is 2.34. The van der Waals surface area contributed by atoms with E-state index < -0.39 is 0 Å². The highest BCUT2D eigenvalue weighted by Crippen LogP contribution is 2.44. The van der Waals surface area contributed by atoms with Crippen LogP contribution in [0.1, 0.15) is 19.3 Å². The van der Waals surface area contributed by atoms with Crippen LogP contribution < -0.4 is 0 Å². The molecule has 0 heterocycles. The van der Waals surface area contributed by atoms with E-state index in [0.717, 1.165) is 11.8 Å². The lowest BCUT2D eigenvalue weighted by Crippen LogP contribution is -2.38. The third-order valence-electron chi connectivity index (χ3n) is 3.90. The minimum Gasteiger partial charge on any atom is -0.308 e. The number of nitrogens with zero attached hydrogens (tertiary/aromatic N) is 2. The molecule has 0 aromatic heterocycles. The van der Waals surface area contributed by atoms with Gasteiger partial charge in [0.25, 0.3) is 0 Å². The molecule has 1 fully saturated rings. The molecule has 0 N–H and O–H groups in total. The van der Waals surface area contributed by atoms with Gasteiger partial charge >= 0.3 is 0 Å². The van der Waals surface area contributed by atoms with Crippen LogP contribution in [0.3, 0.4) is 0 Å². The summed E-state index contributed by atoms with van der Waals surface area (Å²) in [5.41, 5.74) is 1.73. The molecular weight excluding hydrogens is 184 g/mol. The third-order valence-corrected chi connectivity index (χ3v) is 3.90. The first-order chi connectivity index (χ1) is 7.15. The van der Waals surface area contributed by atoms with Gasteiger partial charge in [0, 0.05) is 19.6 Å². The Bertz CT molecular complexity index is 237. The number of likely N-dealkylation sites (N-methyl/N-ethyl adjacent to an activating group) is 2. The van der Waals surface area contributed by atoms with E-state index in [9.17, 15) is 0 Å². The first-order valence-electron chi connectivity index (χ1n) is 6.16. The van der Waals surface area contributed by atoms with Gasteiger partial charge in [-0.1, -0.05) is 11.6 Å². The summed E-state index contributed by atoms with van der Waals surface area (Å²) in [5.74, 6) is 1.96. The van der Waals surface area contributed by atoms with Crippen LogP contribution in [0.2, 0.25) is 0 Å². The molecule has 1 unspecified atom stereocenters. The van der Waals surface area contributed by atoms with Gasteiger partial charge in [0.1, 0.15) is 0 Å². The van der Waals surface area contributed by atoms with E-state index in [4.69, 9.17) is 0 Å². The maximum atomic E-state index is 2.50. The zero-order valence-corrected chi connectivity index (χ0v) is 10.4. The molecule has 0 aromatic rings. The standard InChI is InChI=1S/C13H24N2/c1-14(2)6-7-15(3)10-12-5-4-11-8-13(12)9-11/h4,12-13H,5-10H2,1-3H3. The fraction of sp³-hybridized carbons (Fsp3) is 0.846. The second-order valence-electron chi connectivity index (χ2n) is 5.59. The number of hydrogen-bond donors (Lipinski definition) is 0. The Morgan fingerprint density at radius 3 is 2.47 bits per heavy atom. The van der Waals surface area contributed by atoms with E-state index >= 15 is 0 Å². The quantitative estimate of drug-likeness (QED) is 0.636. The van der Waals surface area contributed by atoms with Gasteiger partial charge in [0.05, 0.1) is 0 Å². The van der Waals surface area contributed by atoms with Crippen molar-refractivity contribution in [3.8, 4) is 0 Å². The number of rotatable bonds is 5. The van der Waals surface area contributed by atoms with Gasteiger partial charge in [0.15, 0.2) is 0 Å². The zero-order valence-electron chi connectivity index (χ0n) is 10.4. The third kappa shape index (κ3) is 2.82. The predicted octanol–water partition coefficient (Wildman–Crippen LogP) is 1.84. The number of allylic oxidation sites excluding steroid dienone is 2. The molecular formula is C13H24N2. The van der Waals surface area contributed by atoms with Crippen molar-refractivity contribution in [3.05, 3.63) is 11.6 Å². The molecule has 3 rings (SSSR count). The van der Waals surface area contributed by atoms with Crippen LogP contribution in [0.5, 0.6) is 0 Å². The molecule has 15 heavy (non-hydrogen) atoms. The van der Waals surface area contributed by atoms with Crippen LogP contribution >= 0.6 is 0 Å². The van der Waals surface area contributed by atoms with E-state index in [0.29, 0.717) is 0 Å². The van der Waals surface area contributed by atoms with E-state index in [1.54, 1.807) is 5.57 Å². The van der Waals surface area contributed by atoms with Crippen LogP contribution in [0.25, 0.3) is 0 Å². The summed E-state index contributed by atoms with van der Waals surface area (Å²) >= 11 is 0. The van der Waals surface area contributed by atoms with E-state index in [1.165, 1.54) is 38.9 Å². The second kappa shape index (κ2) is 4.67. The van der Waals surface area contributed by atoms with Crippen molar-refractivity contribution >= 4 is 0 Å². The van der Waals surface area contributed by atoms with Gasteiger partial charge in [-0.15, -0.1) is 0 Å². The van der Waals surface area contributed by atoms with E-state index in [1.807, 2.05) is 0 Å². The maximum Gasteiger partial charge on any atom is 0.0106 e. The fourth-order valence-corrected chi connectivity index (χ4v) is 2.71. The molecule has 0 saturated heterocycles. The summed E-state index contributed by atoms with van der Waals surface area (Å²) in [4.78, 5) is 4.76. The van der Waals surface area contributed by atoms with Crippen LogP contribution in [0, 0.1) is 11.8 Å². The highest BCUT2D eigenvalue weighted by atomic mass is 15.1. The lowest BCUT2D eigenvalue weighted by molar-refractivity contribution is 0.168. The Hall–Kier alpha value is -0.340. The molecule has 1 saturated carbocycles. The van der Waals surface area contributed by atoms with Crippen molar-refractivity contribution in [2.24, 2.45) is 11.8 Å². The summed E-state index contributed by atoms with van der Waals surface area (Å²) in [6.07, 6.45) is 6.65. The lowest BCUT2D eigenvalue weighted by Gasteiger charge is -2.42. The van der Waals surface area contributed by atoms with Crippen LogP contribution in [0.4, 0.5) is 0 Å². The van der Waals surface area contributed by atoms with Gasteiger partial charge in [0.2, 0.25) is 0 Å². The molecule has 2 bridgehead atoms. The van der Waals surface area contributed by atoms with Gasteiger partial charge in [-0.05, 0) is 52.2 Å². The molecule has 0 aliphatic heterocycles. The van der Waals surface area contributed by atoms with Crippen molar-refractivity contribution in [2.75, 3.05) is 40.8 Å². The Morgan fingerprint density at radius 1 is 1.20 bits per heavy atom. The van der Waals surface area contributed by atoms with Gasteiger partial charge in [-0.3, -0.25) is 0 Å². The number of fused-ring (bicyclic) bond motifs is 2. The first kappa shape index (κ1) is 11.2. The Labute approximate surface area is 93.9 Å². The Morgan fingerprint density at radius 2 is 1.93 bits per heavy atom. The van der Waals surface area contributed by atoms with Gasteiger partial charge in [-0.25, -0.2) is 0 Å². The van der Waals surface area contributed by atoms with Gasteiger partial charge < -0.3 is 9.80 Å². The molecule has 1 atom stereocenters. The summed E-state index contributed by atoms with van der Waals surface area (Å²) in [6, 6.07) is 0. The topological polar surface area (TPSA) is 6.48 Å². The zero-order chi connectivity index (χ0) is 10.8. The summed E-state index contributed by atoms with van der Waals surface area (Å²) in [6.45, 7) is 3.67. The molecule has 0 spiro atoms. The Balaban J connectivity index is 1.70. The van der Waals surface area contributed by atoms with Crippen molar-refractivity contribution in [3.63, 3.8) is 0 Å². The van der Waals surface area contributed by atoms with Gasteiger partial charge in [-0.2, -0.15) is 0 Å². The number of hydrogen-bond acceptors (Lipinski definition) is 2. The summed E-state index contributed by atoms with van der Waals surface area (Å²) < 4.78 is 0. The smallest absolute Gasteiger partial charge is 0.0106 e. The van der Waals surface area contributed by atoms with Crippen LogP contribution in [0.15, 0.2) is 11.6 Å². The van der Waals surface area contributed by atoms with Crippen molar-refractivity contribution < 1.29 is 0 Å². The lowest BCUT2D eigenvalue weighted by atomic mass is 9.66. The molecule has 0 radical (unpaired) electrons. The molecule has 0 aromatic carbocycles. The summed E-state index contributed by atoms with van der Waals surface area (Å²) in [5, 5.41) is 0. The van der Waals surface area contributed by atoms with Crippen LogP contribution in [-0.4, -0.2) is 50.6 Å². The SMILES string of the molecule is CN(C)CCN(C)CC1CC=C2CC1C2. The molecule has 2 nitrogen and oxygen atoms in total. The molecule has 3 aliphatic rings.